The molecule has 0 unspecified atom stereocenters. The molecule has 1 heterocycles. The second-order valence-electron chi connectivity index (χ2n) is 2.95. The molecule has 0 radical (unpaired) electrons. The zero-order chi connectivity index (χ0) is 9.14. The summed E-state index contributed by atoms with van der Waals surface area (Å²) < 4.78 is 0. The summed E-state index contributed by atoms with van der Waals surface area (Å²) in [5.74, 6) is -0.588. The summed E-state index contributed by atoms with van der Waals surface area (Å²) in [6.45, 7) is 3.97. The van der Waals surface area contributed by atoms with Gasteiger partial charge in [-0.1, -0.05) is 6.92 Å². The van der Waals surface area contributed by atoms with E-state index in [-0.39, 0.29) is 12.3 Å². The molecule has 0 aliphatic carbocycles. The summed E-state index contributed by atoms with van der Waals surface area (Å²) in [5.41, 5.74) is 0. The summed E-state index contributed by atoms with van der Waals surface area (Å²) in [7, 11) is 0. The van der Waals surface area contributed by atoms with Crippen LogP contribution in [0.25, 0.3) is 0 Å². The summed E-state index contributed by atoms with van der Waals surface area (Å²) in [6.07, 6.45) is 0.222. The van der Waals surface area contributed by atoms with Crippen LogP contribution in [0.15, 0.2) is 12.1 Å². The Hall–Kier alpha value is -0.830. The third-order valence-electron chi connectivity index (χ3n) is 1.73. The molecule has 0 bridgehead atoms. The van der Waals surface area contributed by atoms with Crippen LogP contribution in [0.3, 0.4) is 0 Å². The Labute approximate surface area is 75.9 Å². The first-order valence-corrected chi connectivity index (χ1v) is 4.69. The maximum atomic E-state index is 10.4. The van der Waals surface area contributed by atoms with Crippen LogP contribution >= 0.6 is 11.3 Å². The van der Waals surface area contributed by atoms with Gasteiger partial charge in [0.15, 0.2) is 0 Å². The lowest BCUT2D eigenvalue weighted by atomic mass is 10.1. The minimum Gasteiger partial charge on any atom is -0.481 e. The molecule has 12 heavy (non-hydrogen) atoms. The number of aliphatic carboxylic acids is 1. The second kappa shape index (κ2) is 3.72. The van der Waals surface area contributed by atoms with E-state index in [0.717, 1.165) is 4.88 Å². The predicted octanol–water partition coefficient (Wildman–Crippen LogP) is 2.63. The number of carboxylic acid groups (broad SMARTS) is 1. The molecule has 1 N–H and O–H groups in total. The quantitative estimate of drug-likeness (QED) is 0.784. The monoisotopic (exact) mass is 184 g/mol. The summed E-state index contributed by atoms with van der Waals surface area (Å²) in [4.78, 5) is 12.8. The summed E-state index contributed by atoms with van der Waals surface area (Å²) >= 11 is 1.67. The Bertz CT molecular complexity index is 278. The Morgan fingerprint density at radius 1 is 1.67 bits per heavy atom. The molecule has 0 aliphatic rings. The first kappa shape index (κ1) is 9.26. The highest BCUT2D eigenvalue weighted by Gasteiger charge is 2.11. The molecule has 0 saturated heterocycles. The highest BCUT2D eigenvalue weighted by molar-refractivity contribution is 7.12. The van der Waals surface area contributed by atoms with Crippen molar-refractivity contribution < 1.29 is 9.90 Å². The second-order valence-corrected chi connectivity index (χ2v) is 4.27. The molecule has 1 aromatic rings. The minimum absolute atomic E-state index is 0.140. The van der Waals surface area contributed by atoms with Crippen LogP contribution in [0.2, 0.25) is 0 Å². The van der Waals surface area contributed by atoms with E-state index in [2.05, 4.69) is 0 Å². The van der Waals surface area contributed by atoms with Gasteiger partial charge in [-0.2, -0.15) is 0 Å². The zero-order valence-corrected chi connectivity index (χ0v) is 8.02. The van der Waals surface area contributed by atoms with Gasteiger partial charge in [-0.05, 0) is 19.1 Å². The van der Waals surface area contributed by atoms with Gasteiger partial charge in [-0.15, -0.1) is 11.3 Å². The average Bonchev–Trinajstić information content (AvgIpc) is 2.34. The van der Waals surface area contributed by atoms with Crippen LogP contribution in [-0.4, -0.2) is 11.1 Å². The highest BCUT2D eigenvalue weighted by Crippen LogP contribution is 2.26. The molecule has 0 aromatic carbocycles. The normalized spacial score (nSPS) is 12.8. The number of carboxylic acids is 1. The molecule has 1 aromatic heterocycles. The van der Waals surface area contributed by atoms with Gasteiger partial charge in [0.2, 0.25) is 0 Å². The smallest absolute Gasteiger partial charge is 0.303 e. The first-order chi connectivity index (χ1) is 5.59. The predicted molar refractivity (Wildman–Crippen MR) is 49.7 cm³/mol. The van der Waals surface area contributed by atoms with Gasteiger partial charge in [0, 0.05) is 15.7 Å². The number of thiophene rings is 1. The van der Waals surface area contributed by atoms with Crippen molar-refractivity contribution in [3.63, 3.8) is 0 Å². The van der Waals surface area contributed by atoms with Gasteiger partial charge < -0.3 is 5.11 Å². The maximum absolute atomic E-state index is 10.4. The first-order valence-electron chi connectivity index (χ1n) is 3.87. The van der Waals surface area contributed by atoms with Crippen molar-refractivity contribution in [1.82, 2.24) is 0 Å². The topological polar surface area (TPSA) is 37.3 Å². The van der Waals surface area contributed by atoms with Crippen LogP contribution < -0.4 is 0 Å². The lowest BCUT2D eigenvalue weighted by molar-refractivity contribution is -0.137. The summed E-state index contributed by atoms with van der Waals surface area (Å²) in [6, 6.07) is 4.03. The molecule has 0 fully saturated rings. The molecule has 3 heteroatoms. The van der Waals surface area contributed by atoms with E-state index in [4.69, 9.17) is 5.11 Å². The van der Waals surface area contributed by atoms with Gasteiger partial charge in [0.05, 0.1) is 6.42 Å². The van der Waals surface area contributed by atoms with Crippen LogP contribution in [0.1, 0.15) is 29.0 Å². The van der Waals surface area contributed by atoms with Crippen LogP contribution in [-0.2, 0) is 4.79 Å². The number of carbonyl (C=O) groups is 1. The van der Waals surface area contributed by atoms with Gasteiger partial charge in [-0.3, -0.25) is 4.79 Å². The van der Waals surface area contributed by atoms with Gasteiger partial charge in [-0.25, -0.2) is 0 Å². The fourth-order valence-electron chi connectivity index (χ4n) is 1.08. The number of hydrogen-bond donors (Lipinski definition) is 1. The van der Waals surface area contributed by atoms with E-state index in [1.807, 2.05) is 26.0 Å². The number of hydrogen-bond acceptors (Lipinski definition) is 2. The lowest BCUT2D eigenvalue weighted by Crippen LogP contribution is -2.00. The fourth-order valence-corrected chi connectivity index (χ4v) is 2.01. The van der Waals surface area contributed by atoms with E-state index >= 15 is 0 Å². The van der Waals surface area contributed by atoms with Crippen molar-refractivity contribution in [2.75, 3.05) is 0 Å². The standard InChI is InChI=1S/C9H12O2S/c1-6(5-9(10)11)8-4-3-7(2)12-8/h3-4,6H,5H2,1-2H3,(H,10,11)/t6-/m1/s1. The number of aryl methyl sites for hydroxylation is 1. The van der Waals surface area contributed by atoms with Crippen molar-refractivity contribution in [1.29, 1.82) is 0 Å². The number of rotatable bonds is 3. The van der Waals surface area contributed by atoms with E-state index in [9.17, 15) is 4.79 Å². The average molecular weight is 184 g/mol. The minimum atomic E-state index is -0.728. The van der Waals surface area contributed by atoms with E-state index in [1.165, 1.54) is 4.88 Å². The largest absolute Gasteiger partial charge is 0.481 e. The molecule has 0 spiro atoms. The molecule has 0 saturated carbocycles. The molecular formula is C9H12O2S. The van der Waals surface area contributed by atoms with Crippen molar-refractivity contribution in [2.24, 2.45) is 0 Å². The zero-order valence-electron chi connectivity index (χ0n) is 7.20. The Morgan fingerprint density at radius 2 is 2.33 bits per heavy atom. The van der Waals surface area contributed by atoms with E-state index < -0.39 is 5.97 Å². The molecule has 0 aliphatic heterocycles. The molecule has 66 valence electrons. The van der Waals surface area contributed by atoms with Gasteiger partial charge in [0.25, 0.3) is 0 Å². The van der Waals surface area contributed by atoms with E-state index in [1.54, 1.807) is 11.3 Å². The SMILES string of the molecule is Cc1ccc([C@H](C)CC(=O)O)s1. The van der Waals surface area contributed by atoms with Crippen molar-refractivity contribution in [3.8, 4) is 0 Å². The molecule has 2 nitrogen and oxygen atoms in total. The van der Waals surface area contributed by atoms with Crippen LogP contribution in [0.5, 0.6) is 0 Å². The Balaban J connectivity index is 2.64. The van der Waals surface area contributed by atoms with Crippen molar-refractivity contribution in [2.45, 2.75) is 26.2 Å². The lowest BCUT2D eigenvalue weighted by Gasteiger charge is -2.03. The van der Waals surface area contributed by atoms with Gasteiger partial charge >= 0.3 is 5.97 Å². The Kier molecular flexibility index (Phi) is 2.87. The third-order valence-corrected chi connectivity index (χ3v) is 2.96. The molecular weight excluding hydrogens is 172 g/mol. The van der Waals surface area contributed by atoms with Crippen molar-refractivity contribution >= 4 is 17.3 Å². The molecule has 0 amide bonds. The third kappa shape index (κ3) is 2.34. The Morgan fingerprint density at radius 3 is 2.75 bits per heavy atom. The van der Waals surface area contributed by atoms with E-state index in [0.29, 0.717) is 0 Å². The summed E-state index contributed by atoms with van der Waals surface area (Å²) in [5, 5.41) is 8.56. The van der Waals surface area contributed by atoms with Crippen LogP contribution in [0.4, 0.5) is 0 Å². The highest BCUT2D eigenvalue weighted by atomic mass is 32.1. The van der Waals surface area contributed by atoms with Crippen LogP contribution in [0, 0.1) is 6.92 Å². The molecule has 1 rings (SSSR count). The maximum Gasteiger partial charge on any atom is 0.303 e. The van der Waals surface area contributed by atoms with Crippen molar-refractivity contribution in [3.05, 3.63) is 21.9 Å². The fraction of sp³-hybridized carbons (Fsp3) is 0.444. The molecule has 1 atom stereocenters. The van der Waals surface area contributed by atoms with Gasteiger partial charge in [0.1, 0.15) is 0 Å².